The molecule has 0 saturated heterocycles. The summed E-state index contributed by atoms with van der Waals surface area (Å²) in [5, 5.41) is 13.9. The Kier molecular flexibility index (Phi) is 5.01. The number of amides is 1. The third kappa shape index (κ3) is 3.77. The molecule has 6 heteroatoms. The van der Waals surface area contributed by atoms with Crippen LogP contribution in [0.1, 0.15) is 15.9 Å². The molecule has 1 amide bonds. The molecule has 2 aromatic carbocycles. The standard InChI is InChI=1S/C16H14ClNO4/c1-22-14-5-3-2-4-10(14)8-15(19)18-13-9-11(17)6-7-12(13)16(20)21/h2-7,9H,8H2,1H3,(H,18,19)(H,20,21)/p-1. The number of para-hydroxylation sites is 1. The highest BCUT2D eigenvalue weighted by atomic mass is 35.5. The van der Waals surface area contributed by atoms with Gasteiger partial charge in [0.25, 0.3) is 0 Å². The molecule has 5 nitrogen and oxygen atoms in total. The van der Waals surface area contributed by atoms with Crippen LogP contribution in [0.4, 0.5) is 5.69 Å². The molecule has 0 heterocycles. The number of nitrogens with one attached hydrogen (secondary N) is 1. The predicted molar refractivity (Wildman–Crippen MR) is 81.1 cm³/mol. The molecule has 0 aliphatic heterocycles. The summed E-state index contributed by atoms with van der Waals surface area (Å²) in [4.78, 5) is 23.2. The summed E-state index contributed by atoms with van der Waals surface area (Å²) in [6.45, 7) is 0. The van der Waals surface area contributed by atoms with E-state index in [-0.39, 0.29) is 23.6 Å². The van der Waals surface area contributed by atoms with E-state index in [4.69, 9.17) is 16.3 Å². The van der Waals surface area contributed by atoms with Crippen molar-refractivity contribution in [2.24, 2.45) is 0 Å². The van der Waals surface area contributed by atoms with Crippen LogP contribution < -0.4 is 15.2 Å². The predicted octanol–water partition coefficient (Wildman–Crippen LogP) is 1.89. The van der Waals surface area contributed by atoms with Crippen LogP contribution in [0.15, 0.2) is 42.5 Å². The van der Waals surface area contributed by atoms with Crippen molar-refractivity contribution in [1.29, 1.82) is 0 Å². The molecule has 0 aliphatic rings. The van der Waals surface area contributed by atoms with E-state index in [0.29, 0.717) is 16.3 Å². The second-order valence-corrected chi connectivity index (χ2v) is 4.95. The number of carboxylic acids is 1. The molecule has 0 bridgehead atoms. The van der Waals surface area contributed by atoms with Crippen LogP contribution in [0.5, 0.6) is 5.75 Å². The van der Waals surface area contributed by atoms with Crippen molar-refractivity contribution in [2.75, 3.05) is 12.4 Å². The van der Waals surface area contributed by atoms with Gasteiger partial charge in [0.15, 0.2) is 0 Å². The van der Waals surface area contributed by atoms with Gasteiger partial charge in [-0.1, -0.05) is 29.8 Å². The van der Waals surface area contributed by atoms with Crippen LogP contribution in [0.2, 0.25) is 5.02 Å². The van der Waals surface area contributed by atoms with Crippen molar-refractivity contribution in [1.82, 2.24) is 0 Å². The SMILES string of the molecule is COc1ccccc1CC(=O)Nc1cc(Cl)ccc1C(=O)[O-]. The van der Waals surface area contributed by atoms with Crippen molar-refractivity contribution in [2.45, 2.75) is 6.42 Å². The van der Waals surface area contributed by atoms with Crippen LogP contribution in [0.3, 0.4) is 0 Å². The number of aromatic carboxylic acids is 1. The fourth-order valence-electron chi connectivity index (χ4n) is 2.01. The number of hydrogen-bond acceptors (Lipinski definition) is 4. The number of rotatable bonds is 5. The minimum Gasteiger partial charge on any atom is -0.545 e. The van der Waals surface area contributed by atoms with Crippen LogP contribution in [-0.4, -0.2) is 19.0 Å². The number of halogens is 1. The lowest BCUT2D eigenvalue weighted by Crippen LogP contribution is -2.25. The lowest BCUT2D eigenvalue weighted by Gasteiger charge is -2.13. The maximum atomic E-state index is 12.1. The van der Waals surface area contributed by atoms with Crippen molar-refractivity contribution in [3.05, 3.63) is 58.6 Å². The maximum absolute atomic E-state index is 12.1. The fraction of sp³-hybridized carbons (Fsp3) is 0.125. The second-order valence-electron chi connectivity index (χ2n) is 4.51. The summed E-state index contributed by atoms with van der Waals surface area (Å²) >= 11 is 5.83. The number of carbonyl (C=O) groups is 2. The molecule has 0 radical (unpaired) electrons. The van der Waals surface area contributed by atoms with E-state index in [0.717, 1.165) is 0 Å². The fourth-order valence-corrected chi connectivity index (χ4v) is 2.19. The molecular weight excluding hydrogens is 306 g/mol. The van der Waals surface area contributed by atoms with Gasteiger partial charge < -0.3 is 20.0 Å². The Bertz CT molecular complexity index is 715. The van der Waals surface area contributed by atoms with Crippen LogP contribution in [0.25, 0.3) is 0 Å². The smallest absolute Gasteiger partial charge is 0.228 e. The van der Waals surface area contributed by atoms with Gasteiger partial charge in [-0.25, -0.2) is 0 Å². The number of carbonyl (C=O) groups excluding carboxylic acids is 2. The number of carboxylic acid groups (broad SMARTS) is 1. The number of ether oxygens (including phenoxy) is 1. The summed E-state index contributed by atoms with van der Waals surface area (Å²) in [5.41, 5.74) is 0.671. The van der Waals surface area contributed by atoms with Gasteiger partial charge >= 0.3 is 0 Å². The Labute approximate surface area is 132 Å². The van der Waals surface area contributed by atoms with Crippen molar-refractivity contribution < 1.29 is 19.4 Å². The monoisotopic (exact) mass is 318 g/mol. The lowest BCUT2D eigenvalue weighted by molar-refractivity contribution is -0.254. The molecule has 1 N–H and O–H groups in total. The highest BCUT2D eigenvalue weighted by Gasteiger charge is 2.11. The third-order valence-corrected chi connectivity index (χ3v) is 3.25. The zero-order chi connectivity index (χ0) is 16.1. The van der Waals surface area contributed by atoms with Gasteiger partial charge in [-0.2, -0.15) is 0 Å². The summed E-state index contributed by atoms with van der Waals surface area (Å²) in [5.74, 6) is -1.18. The summed E-state index contributed by atoms with van der Waals surface area (Å²) in [6, 6.07) is 11.2. The Balaban J connectivity index is 2.19. The van der Waals surface area contributed by atoms with E-state index >= 15 is 0 Å². The first-order valence-corrected chi connectivity index (χ1v) is 6.81. The molecule has 2 rings (SSSR count). The lowest BCUT2D eigenvalue weighted by atomic mass is 10.1. The van der Waals surface area contributed by atoms with E-state index in [1.807, 2.05) is 0 Å². The molecule has 0 unspecified atom stereocenters. The van der Waals surface area contributed by atoms with Gasteiger partial charge in [-0.3, -0.25) is 4.79 Å². The molecule has 0 spiro atoms. The minimum atomic E-state index is -1.38. The molecular formula is C16H13ClNO4-. The number of hydrogen-bond donors (Lipinski definition) is 1. The van der Waals surface area contributed by atoms with Crippen molar-refractivity contribution in [3.63, 3.8) is 0 Å². The first-order chi connectivity index (χ1) is 10.5. The van der Waals surface area contributed by atoms with E-state index in [1.54, 1.807) is 24.3 Å². The zero-order valence-corrected chi connectivity index (χ0v) is 12.5. The first kappa shape index (κ1) is 15.9. The topological polar surface area (TPSA) is 78.5 Å². The van der Waals surface area contributed by atoms with Gasteiger partial charge in [0.2, 0.25) is 5.91 Å². The van der Waals surface area contributed by atoms with Crippen LogP contribution >= 0.6 is 11.6 Å². The molecule has 22 heavy (non-hydrogen) atoms. The van der Waals surface area contributed by atoms with Crippen molar-refractivity contribution >= 4 is 29.2 Å². The average Bonchev–Trinajstić information content (AvgIpc) is 2.47. The maximum Gasteiger partial charge on any atom is 0.228 e. The van der Waals surface area contributed by atoms with Gasteiger partial charge in [-0.15, -0.1) is 0 Å². The van der Waals surface area contributed by atoms with Crippen LogP contribution in [-0.2, 0) is 11.2 Å². The minimum absolute atomic E-state index is 0.0447. The third-order valence-electron chi connectivity index (χ3n) is 3.02. The number of anilines is 1. The largest absolute Gasteiger partial charge is 0.545 e. The number of benzene rings is 2. The molecule has 2 aromatic rings. The Morgan fingerprint density at radius 3 is 2.64 bits per heavy atom. The summed E-state index contributed by atoms with van der Waals surface area (Å²) in [6.07, 6.45) is 0.0447. The van der Waals surface area contributed by atoms with Gasteiger partial charge in [-0.05, 0) is 24.3 Å². The first-order valence-electron chi connectivity index (χ1n) is 6.44. The van der Waals surface area contributed by atoms with Gasteiger partial charge in [0, 0.05) is 16.1 Å². The van der Waals surface area contributed by atoms with E-state index in [1.165, 1.54) is 25.3 Å². The summed E-state index contributed by atoms with van der Waals surface area (Å²) < 4.78 is 5.17. The highest BCUT2D eigenvalue weighted by Crippen LogP contribution is 2.22. The molecule has 0 aliphatic carbocycles. The quantitative estimate of drug-likeness (QED) is 0.913. The molecule has 0 aromatic heterocycles. The molecule has 0 atom stereocenters. The molecule has 0 saturated carbocycles. The van der Waals surface area contributed by atoms with Gasteiger partial charge in [0.1, 0.15) is 5.75 Å². The Hall–Kier alpha value is -2.53. The average molecular weight is 319 g/mol. The normalized spacial score (nSPS) is 10.1. The van der Waals surface area contributed by atoms with Crippen molar-refractivity contribution in [3.8, 4) is 5.75 Å². The molecule has 114 valence electrons. The van der Waals surface area contributed by atoms with E-state index in [9.17, 15) is 14.7 Å². The zero-order valence-electron chi connectivity index (χ0n) is 11.8. The Morgan fingerprint density at radius 2 is 1.95 bits per heavy atom. The van der Waals surface area contributed by atoms with Crippen LogP contribution in [0, 0.1) is 0 Å². The highest BCUT2D eigenvalue weighted by molar-refractivity contribution is 6.31. The Morgan fingerprint density at radius 1 is 1.23 bits per heavy atom. The molecule has 0 fully saturated rings. The van der Waals surface area contributed by atoms with Gasteiger partial charge in [0.05, 0.1) is 25.2 Å². The summed E-state index contributed by atoms with van der Waals surface area (Å²) in [7, 11) is 1.52. The second kappa shape index (κ2) is 6.95. The number of methoxy groups -OCH3 is 1. The van der Waals surface area contributed by atoms with E-state index < -0.39 is 5.97 Å². The van der Waals surface area contributed by atoms with E-state index in [2.05, 4.69) is 5.32 Å².